The number of nitrogens with one attached hydrogen (secondary N) is 1. The van der Waals surface area contributed by atoms with Gasteiger partial charge in [0.2, 0.25) is 11.8 Å². The van der Waals surface area contributed by atoms with Gasteiger partial charge in [0, 0.05) is 17.9 Å². The van der Waals surface area contributed by atoms with E-state index < -0.39 is 16.7 Å². The Hall–Kier alpha value is -2.05. The quantitative estimate of drug-likeness (QED) is 0.828. The number of carbonyl (C=O) groups excluding carboxylic acids is 2. The van der Waals surface area contributed by atoms with Gasteiger partial charge in [-0.1, -0.05) is 41.4 Å². The van der Waals surface area contributed by atoms with Crippen molar-refractivity contribution in [1.82, 2.24) is 4.90 Å². The maximum atomic E-state index is 13.3. The third-order valence-corrected chi connectivity index (χ3v) is 7.01. The largest absolute Gasteiger partial charge is 0.324 e. The lowest BCUT2D eigenvalue weighted by molar-refractivity contribution is -0.136. The molecule has 2 aliphatic heterocycles. The minimum atomic E-state index is -0.574. The van der Waals surface area contributed by atoms with Gasteiger partial charge in [-0.2, -0.15) is 0 Å². The fourth-order valence-electron chi connectivity index (χ4n) is 3.75. The maximum absolute atomic E-state index is 13.3. The van der Waals surface area contributed by atoms with Gasteiger partial charge >= 0.3 is 0 Å². The van der Waals surface area contributed by atoms with Crippen molar-refractivity contribution in [2.24, 2.45) is 0 Å². The molecule has 4 rings (SSSR count). The van der Waals surface area contributed by atoms with Crippen LogP contribution in [0.1, 0.15) is 24.0 Å². The number of amides is 2. The van der Waals surface area contributed by atoms with Gasteiger partial charge in [0.05, 0.1) is 5.02 Å². The number of rotatable bonds is 3. The van der Waals surface area contributed by atoms with Crippen molar-refractivity contribution >= 4 is 40.9 Å². The first-order chi connectivity index (χ1) is 12.9. The smallest absolute Gasteiger partial charge is 0.248 e. The number of halogens is 2. The molecule has 7 heteroatoms. The average molecular weight is 405 g/mol. The summed E-state index contributed by atoms with van der Waals surface area (Å²) in [6.45, 7) is 2.02. The molecule has 2 aromatic carbocycles. The van der Waals surface area contributed by atoms with Crippen molar-refractivity contribution in [3.63, 3.8) is 0 Å². The van der Waals surface area contributed by atoms with Gasteiger partial charge < -0.3 is 10.2 Å². The summed E-state index contributed by atoms with van der Waals surface area (Å²) in [4.78, 5) is 26.7. The lowest BCUT2D eigenvalue weighted by atomic mass is 10.0. The zero-order valence-corrected chi connectivity index (χ0v) is 16.2. The highest BCUT2D eigenvalue weighted by Crippen LogP contribution is 2.54. The maximum Gasteiger partial charge on any atom is 0.248 e. The van der Waals surface area contributed by atoms with Crippen LogP contribution in [0.2, 0.25) is 5.02 Å². The molecule has 2 heterocycles. The summed E-state index contributed by atoms with van der Waals surface area (Å²) in [5.41, 5.74) is 2.61. The molecule has 0 aromatic heterocycles. The molecule has 2 fully saturated rings. The second-order valence-electron chi connectivity index (χ2n) is 6.86. The fraction of sp³-hybridized carbons (Fsp3) is 0.300. The number of thioether (sulfide) groups is 1. The summed E-state index contributed by atoms with van der Waals surface area (Å²) in [5, 5.41) is 2.71. The molecule has 2 atom stereocenters. The molecule has 2 aliphatic rings. The normalized spacial score (nSPS) is 24.2. The number of aryl methyl sites for hydroxylation is 1. The molecular weight excluding hydrogens is 387 g/mol. The summed E-state index contributed by atoms with van der Waals surface area (Å²) in [6.07, 6.45) is 1.11. The van der Waals surface area contributed by atoms with E-state index in [1.54, 1.807) is 16.7 Å². The number of hydrogen-bond acceptors (Lipinski definition) is 3. The lowest BCUT2D eigenvalue weighted by Crippen LogP contribution is -2.48. The highest BCUT2D eigenvalue weighted by Gasteiger charge is 2.56. The van der Waals surface area contributed by atoms with Crippen molar-refractivity contribution in [2.45, 2.75) is 30.7 Å². The van der Waals surface area contributed by atoms with E-state index in [0.29, 0.717) is 24.3 Å². The average Bonchev–Trinajstić information content (AvgIpc) is 3.18. The van der Waals surface area contributed by atoms with Crippen LogP contribution in [-0.2, 0) is 14.5 Å². The topological polar surface area (TPSA) is 49.4 Å². The predicted octanol–water partition coefficient (Wildman–Crippen LogP) is 4.32. The Balaban J connectivity index is 1.61. The fourth-order valence-corrected chi connectivity index (χ4v) is 5.58. The van der Waals surface area contributed by atoms with Crippen molar-refractivity contribution in [1.29, 1.82) is 0 Å². The molecule has 4 nitrogen and oxygen atoms in total. The Labute approximate surface area is 166 Å². The molecule has 0 unspecified atom stereocenters. The first kappa shape index (κ1) is 18.3. The molecule has 140 valence electrons. The van der Waals surface area contributed by atoms with Crippen molar-refractivity contribution < 1.29 is 14.0 Å². The van der Waals surface area contributed by atoms with Crippen LogP contribution in [0.3, 0.4) is 0 Å². The highest BCUT2D eigenvalue weighted by molar-refractivity contribution is 8.00. The highest BCUT2D eigenvalue weighted by atomic mass is 35.5. The van der Waals surface area contributed by atoms with Crippen LogP contribution < -0.4 is 5.32 Å². The van der Waals surface area contributed by atoms with Crippen molar-refractivity contribution in [2.75, 3.05) is 11.1 Å². The predicted molar refractivity (Wildman–Crippen MR) is 105 cm³/mol. The number of fused-ring (bicyclic) bond motifs is 1. The standard InChI is InChI=1S/C20H18ClFN2O2S/c1-12-2-4-13(5-3-12)20-9-8-18(25)24(20)17(11-27-20)19(26)23-14-6-7-16(22)15(21)10-14/h2-7,10,17H,8-9,11H2,1H3,(H,23,26)/t17-,20+/m0/s1. The number of nitrogens with zero attached hydrogens (tertiary/aromatic N) is 1. The molecule has 0 spiro atoms. The van der Waals surface area contributed by atoms with Gasteiger partial charge in [0.1, 0.15) is 16.7 Å². The minimum Gasteiger partial charge on any atom is -0.324 e. The third kappa shape index (κ3) is 3.11. The molecule has 1 N–H and O–H groups in total. The summed E-state index contributed by atoms with van der Waals surface area (Å²) in [7, 11) is 0. The van der Waals surface area contributed by atoms with E-state index in [0.717, 1.165) is 11.1 Å². The molecule has 0 saturated carbocycles. The van der Waals surface area contributed by atoms with E-state index in [2.05, 4.69) is 5.32 Å². The Morgan fingerprint density at radius 2 is 2.04 bits per heavy atom. The van der Waals surface area contributed by atoms with E-state index in [1.807, 2.05) is 31.2 Å². The van der Waals surface area contributed by atoms with Crippen LogP contribution in [0, 0.1) is 12.7 Å². The molecule has 27 heavy (non-hydrogen) atoms. The summed E-state index contributed by atoms with van der Waals surface area (Å²) < 4.78 is 13.3. The van der Waals surface area contributed by atoms with Crippen molar-refractivity contribution in [3.8, 4) is 0 Å². The number of hydrogen-bond donors (Lipinski definition) is 1. The molecule has 2 saturated heterocycles. The summed E-state index contributed by atoms with van der Waals surface area (Å²) >= 11 is 7.42. The third-order valence-electron chi connectivity index (χ3n) is 5.12. The number of anilines is 1. The van der Waals surface area contributed by atoms with Crippen LogP contribution >= 0.6 is 23.4 Å². The summed E-state index contributed by atoms with van der Waals surface area (Å²) in [5.74, 6) is -0.327. The van der Waals surface area contributed by atoms with Crippen LogP contribution in [0.15, 0.2) is 42.5 Å². The van der Waals surface area contributed by atoms with Gasteiger partial charge in [-0.15, -0.1) is 11.8 Å². The zero-order chi connectivity index (χ0) is 19.2. The van der Waals surface area contributed by atoms with E-state index in [-0.39, 0.29) is 16.8 Å². The van der Waals surface area contributed by atoms with Crippen LogP contribution in [-0.4, -0.2) is 28.5 Å². The van der Waals surface area contributed by atoms with Crippen LogP contribution in [0.5, 0.6) is 0 Å². The number of carbonyl (C=O) groups is 2. The Morgan fingerprint density at radius 1 is 1.30 bits per heavy atom. The second-order valence-corrected chi connectivity index (χ2v) is 8.56. The van der Waals surface area contributed by atoms with E-state index in [1.165, 1.54) is 18.2 Å². The van der Waals surface area contributed by atoms with Gasteiger partial charge in [-0.25, -0.2) is 4.39 Å². The second kappa shape index (κ2) is 6.84. The van der Waals surface area contributed by atoms with Crippen LogP contribution in [0.25, 0.3) is 0 Å². The summed E-state index contributed by atoms with van der Waals surface area (Å²) in [6, 6.07) is 11.6. The van der Waals surface area contributed by atoms with Crippen molar-refractivity contribution in [3.05, 3.63) is 64.4 Å². The van der Waals surface area contributed by atoms with Gasteiger partial charge in [-0.05, 0) is 37.1 Å². The Morgan fingerprint density at radius 3 is 2.74 bits per heavy atom. The Kier molecular flexibility index (Phi) is 4.64. The SMILES string of the molecule is Cc1ccc([C@]23CCC(=O)N2[C@H](C(=O)Nc2ccc(F)c(Cl)c2)CS3)cc1. The molecule has 0 bridgehead atoms. The van der Waals surface area contributed by atoms with E-state index in [9.17, 15) is 14.0 Å². The molecule has 2 aromatic rings. The first-order valence-corrected chi connectivity index (χ1v) is 10.1. The number of benzene rings is 2. The first-order valence-electron chi connectivity index (χ1n) is 8.70. The van der Waals surface area contributed by atoms with Gasteiger partial charge in [0.15, 0.2) is 0 Å². The molecule has 0 radical (unpaired) electrons. The monoisotopic (exact) mass is 404 g/mol. The lowest BCUT2D eigenvalue weighted by Gasteiger charge is -2.34. The van der Waals surface area contributed by atoms with E-state index in [4.69, 9.17) is 11.6 Å². The van der Waals surface area contributed by atoms with Gasteiger partial charge in [0.25, 0.3) is 0 Å². The molecular formula is C20H18ClFN2O2S. The molecule has 0 aliphatic carbocycles. The van der Waals surface area contributed by atoms with Crippen LogP contribution in [0.4, 0.5) is 10.1 Å². The zero-order valence-electron chi connectivity index (χ0n) is 14.7. The van der Waals surface area contributed by atoms with E-state index >= 15 is 0 Å². The minimum absolute atomic E-state index is 0.0159. The Bertz CT molecular complexity index is 921. The molecule has 2 amide bonds. The van der Waals surface area contributed by atoms with Gasteiger partial charge in [-0.3, -0.25) is 9.59 Å².